The molecule has 1 aliphatic rings. The zero-order chi connectivity index (χ0) is 13.8. The first-order valence-corrected chi connectivity index (χ1v) is 7.50. The third-order valence-electron chi connectivity index (χ3n) is 4.40. The number of aliphatic hydroxyl groups excluding tert-OH is 1. The molecular formula is C16H27NO2. The van der Waals surface area contributed by atoms with Gasteiger partial charge in [-0.15, -0.1) is 0 Å². The van der Waals surface area contributed by atoms with Gasteiger partial charge < -0.3 is 9.52 Å². The van der Waals surface area contributed by atoms with Crippen LogP contribution >= 0.6 is 0 Å². The van der Waals surface area contributed by atoms with Gasteiger partial charge in [-0.1, -0.05) is 13.3 Å². The predicted molar refractivity (Wildman–Crippen MR) is 76.9 cm³/mol. The molecule has 0 aromatic carbocycles. The third kappa shape index (κ3) is 4.08. The van der Waals surface area contributed by atoms with Crippen molar-refractivity contribution >= 4 is 0 Å². The number of nitrogens with zero attached hydrogens (tertiary/aromatic N) is 1. The normalized spacial score (nSPS) is 27.9. The lowest BCUT2D eigenvalue weighted by Crippen LogP contribution is -2.37. The molecule has 1 N–H and O–H groups in total. The zero-order valence-corrected chi connectivity index (χ0v) is 12.4. The molecule has 0 spiro atoms. The van der Waals surface area contributed by atoms with E-state index in [1.54, 1.807) is 0 Å². The van der Waals surface area contributed by atoms with Crippen LogP contribution in [0, 0.1) is 18.8 Å². The van der Waals surface area contributed by atoms with Gasteiger partial charge in [0.25, 0.3) is 0 Å². The van der Waals surface area contributed by atoms with Crippen molar-refractivity contribution < 1.29 is 9.52 Å². The fraction of sp³-hybridized carbons (Fsp3) is 0.750. The van der Waals surface area contributed by atoms with Crippen LogP contribution in [0.3, 0.4) is 0 Å². The van der Waals surface area contributed by atoms with E-state index in [0.29, 0.717) is 5.92 Å². The van der Waals surface area contributed by atoms with Crippen molar-refractivity contribution in [3.8, 4) is 0 Å². The van der Waals surface area contributed by atoms with Gasteiger partial charge in [0.15, 0.2) is 0 Å². The molecule has 1 aliphatic carbocycles. The Morgan fingerprint density at radius 1 is 1.37 bits per heavy atom. The lowest BCUT2D eigenvalue weighted by atomic mass is 9.78. The molecule has 0 radical (unpaired) electrons. The van der Waals surface area contributed by atoms with E-state index < -0.39 is 0 Å². The van der Waals surface area contributed by atoms with Crippen LogP contribution in [0.4, 0.5) is 0 Å². The van der Waals surface area contributed by atoms with Crippen molar-refractivity contribution in [3.63, 3.8) is 0 Å². The largest absolute Gasteiger partial charge is 0.465 e. The molecule has 1 saturated carbocycles. The van der Waals surface area contributed by atoms with Gasteiger partial charge >= 0.3 is 0 Å². The van der Waals surface area contributed by atoms with Crippen molar-refractivity contribution in [1.82, 2.24) is 4.90 Å². The Kier molecular flexibility index (Phi) is 5.06. The molecule has 3 unspecified atom stereocenters. The van der Waals surface area contributed by atoms with Gasteiger partial charge in [-0.2, -0.15) is 0 Å². The lowest BCUT2D eigenvalue weighted by Gasteiger charge is -2.35. The molecule has 1 heterocycles. The van der Waals surface area contributed by atoms with E-state index in [1.165, 1.54) is 19.3 Å². The Labute approximate surface area is 116 Å². The summed E-state index contributed by atoms with van der Waals surface area (Å²) in [5.41, 5.74) is 0. The van der Waals surface area contributed by atoms with Gasteiger partial charge in [-0.25, -0.2) is 0 Å². The first-order valence-electron chi connectivity index (χ1n) is 7.50. The molecule has 2 rings (SSSR count). The van der Waals surface area contributed by atoms with Crippen LogP contribution in [0.15, 0.2) is 16.5 Å². The maximum atomic E-state index is 10.2. The Hall–Kier alpha value is -0.800. The van der Waals surface area contributed by atoms with E-state index >= 15 is 0 Å². The summed E-state index contributed by atoms with van der Waals surface area (Å²) in [6.45, 7) is 6.01. The lowest BCUT2D eigenvalue weighted by molar-refractivity contribution is 0.0289. The highest BCUT2D eigenvalue weighted by atomic mass is 16.3. The number of hydrogen-bond acceptors (Lipinski definition) is 3. The second-order valence-corrected chi connectivity index (χ2v) is 6.12. The molecule has 0 amide bonds. The van der Waals surface area contributed by atoms with Gasteiger partial charge in [-0.05, 0) is 57.2 Å². The Balaban J connectivity index is 1.84. The van der Waals surface area contributed by atoms with E-state index in [2.05, 4.69) is 18.9 Å². The quantitative estimate of drug-likeness (QED) is 0.888. The minimum Gasteiger partial charge on any atom is -0.465 e. The van der Waals surface area contributed by atoms with Crippen molar-refractivity contribution in [1.29, 1.82) is 0 Å². The van der Waals surface area contributed by atoms with Crippen LogP contribution in [0.5, 0.6) is 0 Å². The molecule has 0 saturated heterocycles. The fourth-order valence-corrected chi connectivity index (χ4v) is 3.21. The standard InChI is InChI=1S/C16H27NO2/c1-4-13-6-8-16(18)14(9-13)10-17(3)11-15-7-5-12(2)19-15/h5,7,13-14,16,18H,4,6,8-11H2,1-3H3. The Bertz CT molecular complexity index is 388. The molecule has 3 atom stereocenters. The number of aryl methyl sites for hydroxylation is 1. The van der Waals surface area contributed by atoms with Gasteiger partial charge in [0, 0.05) is 6.54 Å². The Morgan fingerprint density at radius 3 is 2.79 bits per heavy atom. The average Bonchev–Trinajstić information content (AvgIpc) is 2.77. The third-order valence-corrected chi connectivity index (χ3v) is 4.40. The minimum atomic E-state index is -0.122. The van der Waals surface area contributed by atoms with E-state index in [0.717, 1.165) is 36.9 Å². The summed E-state index contributed by atoms with van der Waals surface area (Å²) in [7, 11) is 2.11. The molecule has 3 nitrogen and oxygen atoms in total. The molecular weight excluding hydrogens is 238 g/mol. The van der Waals surface area contributed by atoms with Crippen molar-refractivity contribution in [2.45, 2.75) is 52.2 Å². The van der Waals surface area contributed by atoms with E-state index in [4.69, 9.17) is 4.42 Å². The molecule has 3 heteroatoms. The smallest absolute Gasteiger partial charge is 0.118 e. The highest BCUT2D eigenvalue weighted by Gasteiger charge is 2.29. The minimum absolute atomic E-state index is 0.122. The second-order valence-electron chi connectivity index (χ2n) is 6.12. The van der Waals surface area contributed by atoms with Gasteiger partial charge in [0.05, 0.1) is 12.6 Å². The first-order chi connectivity index (χ1) is 9.08. The summed E-state index contributed by atoms with van der Waals surface area (Å²) in [5, 5.41) is 10.2. The van der Waals surface area contributed by atoms with Crippen LogP contribution in [0.1, 0.15) is 44.1 Å². The number of furan rings is 1. The molecule has 0 aliphatic heterocycles. The van der Waals surface area contributed by atoms with Crippen LogP contribution in [-0.4, -0.2) is 29.7 Å². The van der Waals surface area contributed by atoms with E-state index in [9.17, 15) is 5.11 Å². The zero-order valence-electron chi connectivity index (χ0n) is 12.4. The maximum absolute atomic E-state index is 10.2. The van der Waals surface area contributed by atoms with Gasteiger partial charge in [-0.3, -0.25) is 4.90 Å². The molecule has 1 aromatic rings. The molecule has 19 heavy (non-hydrogen) atoms. The highest BCUT2D eigenvalue weighted by Crippen LogP contribution is 2.31. The van der Waals surface area contributed by atoms with Gasteiger partial charge in [0.2, 0.25) is 0 Å². The van der Waals surface area contributed by atoms with Crippen LogP contribution in [0.25, 0.3) is 0 Å². The second kappa shape index (κ2) is 6.58. The Morgan fingerprint density at radius 2 is 2.16 bits per heavy atom. The number of rotatable bonds is 5. The van der Waals surface area contributed by atoms with E-state index in [-0.39, 0.29) is 6.10 Å². The maximum Gasteiger partial charge on any atom is 0.118 e. The number of hydrogen-bond donors (Lipinski definition) is 1. The molecule has 1 aromatic heterocycles. The summed E-state index contributed by atoms with van der Waals surface area (Å²) in [6.07, 6.45) is 4.44. The highest BCUT2D eigenvalue weighted by molar-refractivity contribution is 5.05. The average molecular weight is 265 g/mol. The van der Waals surface area contributed by atoms with Crippen LogP contribution < -0.4 is 0 Å². The fourth-order valence-electron chi connectivity index (χ4n) is 3.21. The van der Waals surface area contributed by atoms with Crippen LogP contribution in [0.2, 0.25) is 0 Å². The van der Waals surface area contributed by atoms with Gasteiger partial charge in [0.1, 0.15) is 11.5 Å². The summed E-state index contributed by atoms with van der Waals surface area (Å²) < 4.78 is 5.61. The van der Waals surface area contributed by atoms with Crippen LogP contribution in [-0.2, 0) is 6.54 Å². The topological polar surface area (TPSA) is 36.6 Å². The summed E-state index contributed by atoms with van der Waals surface area (Å²) in [4.78, 5) is 2.27. The van der Waals surface area contributed by atoms with Crippen molar-refractivity contribution in [2.24, 2.45) is 11.8 Å². The molecule has 1 fully saturated rings. The predicted octanol–water partition coefficient (Wildman–Crippen LogP) is 3.21. The summed E-state index contributed by atoms with van der Waals surface area (Å²) >= 11 is 0. The first kappa shape index (κ1) is 14.6. The SMILES string of the molecule is CCC1CCC(O)C(CN(C)Cc2ccc(C)o2)C1. The molecule has 108 valence electrons. The van der Waals surface area contributed by atoms with Crippen molar-refractivity contribution in [3.05, 3.63) is 23.7 Å². The monoisotopic (exact) mass is 265 g/mol. The summed E-state index contributed by atoms with van der Waals surface area (Å²) in [6, 6.07) is 4.05. The van der Waals surface area contributed by atoms with Crippen molar-refractivity contribution in [2.75, 3.05) is 13.6 Å². The summed E-state index contributed by atoms with van der Waals surface area (Å²) in [5.74, 6) is 3.19. The number of aliphatic hydroxyl groups is 1. The molecule has 0 bridgehead atoms. The van der Waals surface area contributed by atoms with E-state index in [1.807, 2.05) is 19.1 Å².